The SMILES string of the molecule is CCC[N+](CCC)(CCC)CCC.O.[Br-]. The third kappa shape index (κ3) is 8.23. The number of quaternary nitrogens is 1. The Morgan fingerprint density at radius 2 is 0.800 bits per heavy atom. The van der Waals surface area contributed by atoms with Crippen LogP contribution in [0.25, 0.3) is 0 Å². The predicted molar refractivity (Wildman–Crippen MR) is 64.5 cm³/mol. The molecule has 2 nitrogen and oxygen atoms in total. The number of hydrogen-bond donors (Lipinski definition) is 0. The Kier molecular flexibility index (Phi) is 17.3. The largest absolute Gasteiger partial charge is 1.00 e. The van der Waals surface area contributed by atoms with Gasteiger partial charge in [0.05, 0.1) is 26.2 Å². The summed E-state index contributed by atoms with van der Waals surface area (Å²) in [4.78, 5) is 0. The molecule has 0 aliphatic carbocycles. The van der Waals surface area contributed by atoms with Gasteiger partial charge in [0.25, 0.3) is 0 Å². The van der Waals surface area contributed by atoms with Crippen LogP contribution in [0.5, 0.6) is 0 Å². The van der Waals surface area contributed by atoms with E-state index in [0.29, 0.717) is 0 Å². The molecule has 0 saturated carbocycles. The minimum Gasteiger partial charge on any atom is -1.00 e. The molecule has 0 atom stereocenters. The van der Waals surface area contributed by atoms with Crippen LogP contribution in [0.2, 0.25) is 0 Å². The van der Waals surface area contributed by atoms with Gasteiger partial charge in [0.2, 0.25) is 0 Å². The molecule has 0 fully saturated rings. The van der Waals surface area contributed by atoms with Crippen LogP contribution in [0.1, 0.15) is 53.4 Å². The highest BCUT2D eigenvalue weighted by Gasteiger charge is 2.22. The molecule has 0 spiro atoms. The van der Waals surface area contributed by atoms with Gasteiger partial charge in [-0.05, 0) is 25.7 Å². The van der Waals surface area contributed by atoms with Crippen molar-refractivity contribution in [3.8, 4) is 0 Å². The molecule has 0 unspecified atom stereocenters. The number of rotatable bonds is 8. The fourth-order valence-electron chi connectivity index (χ4n) is 2.57. The number of halogens is 1. The second-order valence-corrected chi connectivity index (χ2v) is 4.24. The topological polar surface area (TPSA) is 31.5 Å². The number of nitrogens with zero attached hydrogens (tertiary/aromatic N) is 1. The van der Waals surface area contributed by atoms with Gasteiger partial charge in [-0.25, -0.2) is 0 Å². The Bertz CT molecular complexity index is 90.7. The Morgan fingerprint density at radius 3 is 0.933 bits per heavy atom. The van der Waals surface area contributed by atoms with Crippen molar-refractivity contribution in [1.82, 2.24) is 0 Å². The van der Waals surface area contributed by atoms with Crippen molar-refractivity contribution >= 4 is 0 Å². The molecule has 0 aromatic carbocycles. The molecule has 0 aliphatic heterocycles. The second kappa shape index (κ2) is 12.5. The van der Waals surface area contributed by atoms with Crippen molar-refractivity contribution in [3.63, 3.8) is 0 Å². The van der Waals surface area contributed by atoms with E-state index in [1.807, 2.05) is 0 Å². The van der Waals surface area contributed by atoms with Gasteiger partial charge in [-0.2, -0.15) is 0 Å². The molecule has 0 radical (unpaired) electrons. The van der Waals surface area contributed by atoms with Crippen LogP contribution in [-0.2, 0) is 0 Å². The summed E-state index contributed by atoms with van der Waals surface area (Å²) in [6.07, 6.45) is 5.33. The van der Waals surface area contributed by atoms with Crippen LogP contribution in [0, 0.1) is 0 Å². The van der Waals surface area contributed by atoms with Gasteiger partial charge in [-0.3, -0.25) is 0 Å². The van der Waals surface area contributed by atoms with E-state index in [2.05, 4.69) is 27.7 Å². The Labute approximate surface area is 107 Å². The van der Waals surface area contributed by atoms with E-state index in [4.69, 9.17) is 0 Å². The minimum absolute atomic E-state index is 0. The molecule has 0 aliphatic rings. The third-order valence-electron chi connectivity index (χ3n) is 2.79. The van der Waals surface area contributed by atoms with E-state index < -0.39 is 0 Å². The normalized spacial score (nSPS) is 10.4. The molecule has 3 heteroatoms. The summed E-state index contributed by atoms with van der Waals surface area (Å²) in [5.74, 6) is 0. The van der Waals surface area contributed by atoms with Crippen molar-refractivity contribution in [1.29, 1.82) is 0 Å². The molecule has 0 saturated heterocycles. The second-order valence-electron chi connectivity index (χ2n) is 4.24. The summed E-state index contributed by atoms with van der Waals surface area (Å²) in [6.45, 7) is 14.8. The van der Waals surface area contributed by atoms with Crippen molar-refractivity contribution in [3.05, 3.63) is 0 Å². The van der Waals surface area contributed by atoms with Crippen LogP contribution < -0.4 is 17.0 Å². The highest BCUT2D eigenvalue weighted by atomic mass is 79.9. The smallest absolute Gasteiger partial charge is 0.0783 e. The van der Waals surface area contributed by atoms with Gasteiger partial charge in [0.1, 0.15) is 0 Å². The van der Waals surface area contributed by atoms with Crippen LogP contribution in [0.15, 0.2) is 0 Å². The maximum Gasteiger partial charge on any atom is 0.0783 e. The van der Waals surface area contributed by atoms with Gasteiger partial charge >= 0.3 is 0 Å². The third-order valence-corrected chi connectivity index (χ3v) is 2.79. The molecule has 0 aromatic heterocycles. The standard InChI is InChI=1S/C12H28N.BrH.H2O/c1-5-9-13(10-6-2,11-7-3)12-8-4;;/h5-12H2,1-4H3;1H;1H2/q+1;;/p-1. The maximum absolute atomic E-state index is 2.31. The fourth-order valence-corrected chi connectivity index (χ4v) is 2.57. The molecule has 96 valence electrons. The zero-order chi connectivity index (χ0) is 10.2. The molecule has 2 N–H and O–H groups in total. The summed E-state index contributed by atoms with van der Waals surface area (Å²) in [5.41, 5.74) is 0. The molecule has 15 heavy (non-hydrogen) atoms. The van der Waals surface area contributed by atoms with Crippen LogP contribution in [0.3, 0.4) is 0 Å². The van der Waals surface area contributed by atoms with E-state index >= 15 is 0 Å². The summed E-state index contributed by atoms with van der Waals surface area (Å²) in [5, 5.41) is 0. The fraction of sp³-hybridized carbons (Fsp3) is 1.00. The summed E-state index contributed by atoms with van der Waals surface area (Å²) in [7, 11) is 0. The summed E-state index contributed by atoms with van der Waals surface area (Å²) < 4.78 is 1.38. The zero-order valence-electron chi connectivity index (χ0n) is 11.0. The first-order valence-corrected chi connectivity index (χ1v) is 6.09. The summed E-state index contributed by atoms with van der Waals surface area (Å²) in [6, 6.07) is 0. The van der Waals surface area contributed by atoms with Crippen LogP contribution >= 0.6 is 0 Å². The van der Waals surface area contributed by atoms with Gasteiger partial charge in [0.15, 0.2) is 0 Å². The van der Waals surface area contributed by atoms with Gasteiger partial charge in [0, 0.05) is 0 Å². The van der Waals surface area contributed by atoms with Crippen LogP contribution in [0.4, 0.5) is 0 Å². The first kappa shape index (κ1) is 20.8. The maximum atomic E-state index is 2.31. The van der Waals surface area contributed by atoms with Gasteiger partial charge in [-0.1, -0.05) is 27.7 Å². The van der Waals surface area contributed by atoms with E-state index in [1.54, 1.807) is 0 Å². The van der Waals surface area contributed by atoms with E-state index in [9.17, 15) is 0 Å². The highest BCUT2D eigenvalue weighted by molar-refractivity contribution is 4.43. The molecule has 0 heterocycles. The monoisotopic (exact) mass is 283 g/mol. The Balaban J connectivity index is -0.000000720. The lowest BCUT2D eigenvalue weighted by atomic mass is 10.2. The predicted octanol–water partition coefficient (Wildman–Crippen LogP) is -0.377. The quantitative estimate of drug-likeness (QED) is 0.544. The van der Waals surface area contributed by atoms with Gasteiger partial charge in [-0.15, -0.1) is 0 Å². The molecule has 0 aromatic rings. The van der Waals surface area contributed by atoms with Crippen molar-refractivity contribution in [2.24, 2.45) is 0 Å². The first-order chi connectivity index (χ1) is 6.24. The molecular weight excluding hydrogens is 254 g/mol. The lowest BCUT2D eigenvalue weighted by molar-refractivity contribution is -0.928. The Morgan fingerprint density at radius 1 is 0.600 bits per heavy atom. The lowest BCUT2D eigenvalue weighted by Gasteiger charge is -2.38. The molecular formula is C12H30BrNO. The molecule has 0 rings (SSSR count). The van der Waals surface area contributed by atoms with Crippen molar-refractivity contribution in [2.45, 2.75) is 53.4 Å². The van der Waals surface area contributed by atoms with Crippen molar-refractivity contribution in [2.75, 3.05) is 26.2 Å². The lowest BCUT2D eigenvalue weighted by Crippen LogP contribution is -3.00. The average Bonchev–Trinajstić information content (AvgIpc) is 2.06. The molecule has 0 amide bonds. The van der Waals surface area contributed by atoms with E-state index in [0.717, 1.165) is 0 Å². The van der Waals surface area contributed by atoms with Crippen molar-refractivity contribution < 1.29 is 26.9 Å². The summed E-state index contributed by atoms with van der Waals surface area (Å²) >= 11 is 0. The average molecular weight is 284 g/mol. The zero-order valence-corrected chi connectivity index (χ0v) is 12.6. The Hall–Kier alpha value is 0.400. The number of hydrogen-bond acceptors (Lipinski definition) is 0. The molecule has 0 bridgehead atoms. The van der Waals surface area contributed by atoms with Gasteiger partial charge < -0.3 is 26.9 Å². The van der Waals surface area contributed by atoms with E-state index in [-0.39, 0.29) is 22.5 Å². The highest BCUT2D eigenvalue weighted by Crippen LogP contribution is 2.12. The minimum atomic E-state index is 0. The first-order valence-electron chi connectivity index (χ1n) is 6.09. The van der Waals surface area contributed by atoms with Crippen LogP contribution in [-0.4, -0.2) is 36.1 Å². The van der Waals surface area contributed by atoms with E-state index in [1.165, 1.54) is 56.3 Å².